The molecule has 1 heterocycles. The zero-order valence-electron chi connectivity index (χ0n) is 7.95. The van der Waals surface area contributed by atoms with Crippen LogP contribution in [0.15, 0.2) is 22.7 Å². The summed E-state index contributed by atoms with van der Waals surface area (Å²) in [6, 6.07) is 5.48. The third kappa shape index (κ3) is 1.65. The summed E-state index contributed by atoms with van der Waals surface area (Å²) in [5, 5.41) is 9.70. The lowest BCUT2D eigenvalue weighted by Crippen LogP contribution is -2.37. The first-order valence-corrected chi connectivity index (χ1v) is 5.12. The number of fused-ring (bicyclic) bond motifs is 1. The Kier molecular flexibility index (Phi) is 2.29. The zero-order chi connectivity index (χ0) is 10.3. The summed E-state index contributed by atoms with van der Waals surface area (Å²) in [7, 11) is 0. The molecule has 1 atom stereocenters. The highest BCUT2D eigenvalue weighted by Crippen LogP contribution is 2.41. The molecule has 1 aromatic carbocycles. The number of aliphatic hydroxyl groups is 1. The molecule has 14 heavy (non-hydrogen) atoms. The second-order valence-corrected chi connectivity index (χ2v) is 4.48. The minimum Gasteiger partial charge on any atom is -0.461 e. The van der Waals surface area contributed by atoms with Crippen LogP contribution in [0.25, 0.3) is 0 Å². The molecule has 0 fully saturated rings. The quantitative estimate of drug-likeness (QED) is 0.778. The van der Waals surface area contributed by atoms with Crippen LogP contribution in [0.4, 0.5) is 0 Å². The predicted molar refractivity (Wildman–Crippen MR) is 54.9 cm³/mol. The number of aliphatic hydroxyl groups excluding tert-OH is 1. The fraction of sp³-hybridized carbons (Fsp3) is 0.400. The van der Waals surface area contributed by atoms with Gasteiger partial charge in [-0.25, -0.2) is 0 Å². The van der Waals surface area contributed by atoms with Crippen molar-refractivity contribution in [2.75, 3.05) is 0 Å². The van der Waals surface area contributed by atoms with Gasteiger partial charge in [0.05, 0.1) is 10.0 Å². The van der Waals surface area contributed by atoms with Crippen LogP contribution in [-0.2, 0) is 4.74 Å². The number of hydrogen-bond donors (Lipinski definition) is 1. The monoisotopic (exact) mass is 258 g/mol. The Labute approximate surface area is 90.8 Å². The fourth-order valence-electron chi connectivity index (χ4n) is 1.43. The van der Waals surface area contributed by atoms with Crippen molar-refractivity contribution in [1.82, 2.24) is 0 Å². The van der Waals surface area contributed by atoms with Gasteiger partial charge in [0.2, 0.25) is 5.79 Å². The summed E-state index contributed by atoms with van der Waals surface area (Å²) in [6.45, 7) is 3.52. The molecule has 0 saturated carbocycles. The average molecular weight is 259 g/mol. The van der Waals surface area contributed by atoms with Gasteiger partial charge in [-0.1, -0.05) is 12.1 Å². The van der Waals surface area contributed by atoms with Crippen molar-refractivity contribution in [3.05, 3.63) is 28.2 Å². The highest BCUT2D eigenvalue weighted by molar-refractivity contribution is 9.10. The standard InChI is InChI=1S/C10H11BrO3/c1-10(2)13-8-6(9(12)14-10)4-3-5-7(8)11/h3-5,9,12H,1-2H3. The molecule has 0 amide bonds. The van der Waals surface area contributed by atoms with E-state index in [9.17, 15) is 5.11 Å². The number of rotatable bonds is 0. The molecule has 0 radical (unpaired) electrons. The largest absolute Gasteiger partial charge is 0.461 e. The maximum absolute atomic E-state index is 9.70. The predicted octanol–water partition coefficient (Wildman–Crippen LogP) is 2.59. The first-order chi connectivity index (χ1) is 6.49. The number of ether oxygens (including phenoxy) is 2. The second kappa shape index (κ2) is 3.22. The van der Waals surface area contributed by atoms with E-state index in [4.69, 9.17) is 9.47 Å². The SMILES string of the molecule is CC1(C)Oc2c(Br)cccc2C(O)O1. The van der Waals surface area contributed by atoms with Crippen molar-refractivity contribution in [3.8, 4) is 5.75 Å². The first-order valence-electron chi connectivity index (χ1n) is 4.33. The molecule has 2 rings (SSSR count). The van der Waals surface area contributed by atoms with Crippen molar-refractivity contribution in [2.24, 2.45) is 0 Å². The highest BCUT2D eigenvalue weighted by Gasteiger charge is 2.34. The van der Waals surface area contributed by atoms with Crippen LogP contribution >= 0.6 is 15.9 Å². The van der Waals surface area contributed by atoms with Crippen LogP contribution in [-0.4, -0.2) is 10.9 Å². The highest BCUT2D eigenvalue weighted by atomic mass is 79.9. The maximum Gasteiger partial charge on any atom is 0.207 e. The Morgan fingerprint density at radius 2 is 2.14 bits per heavy atom. The third-order valence-electron chi connectivity index (χ3n) is 2.01. The van der Waals surface area contributed by atoms with Gasteiger partial charge in [-0.15, -0.1) is 0 Å². The molecule has 0 aliphatic carbocycles. The maximum atomic E-state index is 9.70. The minimum atomic E-state index is -0.925. The van der Waals surface area contributed by atoms with E-state index in [0.717, 1.165) is 4.47 Å². The Bertz CT molecular complexity index is 362. The fourth-order valence-corrected chi connectivity index (χ4v) is 1.89. The molecule has 1 aromatic rings. The normalized spacial score (nSPS) is 23.9. The van der Waals surface area contributed by atoms with Crippen LogP contribution in [0.1, 0.15) is 25.7 Å². The van der Waals surface area contributed by atoms with E-state index >= 15 is 0 Å². The number of para-hydroxylation sites is 1. The summed E-state index contributed by atoms with van der Waals surface area (Å²) >= 11 is 3.37. The molecule has 76 valence electrons. The van der Waals surface area contributed by atoms with E-state index < -0.39 is 12.1 Å². The van der Waals surface area contributed by atoms with Gasteiger partial charge in [-0.2, -0.15) is 0 Å². The third-order valence-corrected chi connectivity index (χ3v) is 2.63. The van der Waals surface area contributed by atoms with Gasteiger partial charge < -0.3 is 14.6 Å². The van der Waals surface area contributed by atoms with Crippen LogP contribution in [0.2, 0.25) is 0 Å². The summed E-state index contributed by atoms with van der Waals surface area (Å²) in [6.07, 6.45) is -0.925. The molecule has 1 unspecified atom stereocenters. The van der Waals surface area contributed by atoms with Gasteiger partial charge in [-0.3, -0.25) is 0 Å². The van der Waals surface area contributed by atoms with E-state index in [0.29, 0.717) is 11.3 Å². The van der Waals surface area contributed by atoms with E-state index in [-0.39, 0.29) is 0 Å². The van der Waals surface area contributed by atoms with Crippen LogP contribution in [0, 0.1) is 0 Å². The van der Waals surface area contributed by atoms with Crippen molar-refractivity contribution < 1.29 is 14.6 Å². The molecule has 0 spiro atoms. The van der Waals surface area contributed by atoms with E-state index in [1.54, 1.807) is 19.9 Å². The van der Waals surface area contributed by atoms with E-state index in [1.807, 2.05) is 12.1 Å². The molecular weight excluding hydrogens is 248 g/mol. The van der Waals surface area contributed by atoms with Gasteiger partial charge in [0.1, 0.15) is 5.75 Å². The molecule has 1 aliphatic heterocycles. The second-order valence-electron chi connectivity index (χ2n) is 3.63. The molecule has 1 N–H and O–H groups in total. The summed E-state index contributed by atoms with van der Waals surface area (Å²) in [4.78, 5) is 0. The van der Waals surface area contributed by atoms with Crippen LogP contribution in [0.5, 0.6) is 5.75 Å². The number of benzene rings is 1. The number of hydrogen-bond acceptors (Lipinski definition) is 3. The summed E-state index contributed by atoms with van der Waals surface area (Å²) < 4.78 is 11.7. The Morgan fingerprint density at radius 1 is 1.43 bits per heavy atom. The average Bonchev–Trinajstić information content (AvgIpc) is 2.05. The molecule has 0 aromatic heterocycles. The Balaban J connectivity index is 2.51. The van der Waals surface area contributed by atoms with E-state index in [2.05, 4.69) is 15.9 Å². The van der Waals surface area contributed by atoms with Crippen molar-refractivity contribution >= 4 is 15.9 Å². The molecule has 0 saturated heterocycles. The van der Waals surface area contributed by atoms with Crippen molar-refractivity contribution in [3.63, 3.8) is 0 Å². The molecule has 0 bridgehead atoms. The van der Waals surface area contributed by atoms with Crippen LogP contribution < -0.4 is 4.74 Å². The van der Waals surface area contributed by atoms with Gasteiger partial charge in [0.25, 0.3) is 0 Å². The van der Waals surface area contributed by atoms with Gasteiger partial charge >= 0.3 is 0 Å². The Hall–Kier alpha value is -0.580. The van der Waals surface area contributed by atoms with Crippen molar-refractivity contribution in [1.29, 1.82) is 0 Å². The smallest absolute Gasteiger partial charge is 0.207 e. The minimum absolute atomic E-state index is 0.649. The summed E-state index contributed by atoms with van der Waals surface area (Å²) in [5.74, 6) is -0.146. The molecule has 4 heteroatoms. The number of halogens is 1. The topological polar surface area (TPSA) is 38.7 Å². The van der Waals surface area contributed by atoms with Gasteiger partial charge in [0, 0.05) is 13.8 Å². The van der Waals surface area contributed by atoms with Gasteiger partial charge in [-0.05, 0) is 22.0 Å². The first kappa shape index (κ1) is 9.96. The zero-order valence-corrected chi connectivity index (χ0v) is 9.54. The summed E-state index contributed by atoms with van der Waals surface area (Å²) in [5.41, 5.74) is 0.652. The van der Waals surface area contributed by atoms with Crippen molar-refractivity contribution in [2.45, 2.75) is 25.9 Å². The Morgan fingerprint density at radius 3 is 2.86 bits per heavy atom. The lowest BCUT2D eigenvalue weighted by molar-refractivity contribution is -0.267. The van der Waals surface area contributed by atoms with E-state index in [1.165, 1.54) is 0 Å². The lowest BCUT2D eigenvalue weighted by atomic mass is 10.1. The molecule has 3 nitrogen and oxygen atoms in total. The van der Waals surface area contributed by atoms with Gasteiger partial charge in [0.15, 0.2) is 6.29 Å². The lowest BCUT2D eigenvalue weighted by Gasteiger charge is -2.35. The molecule has 1 aliphatic rings. The van der Waals surface area contributed by atoms with Crippen LogP contribution in [0.3, 0.4) is 0 Å². The molecular formula is C10H11BrO3.